The Balaban J connectivity index is 2.12. The van der Waals surface area contributed by atoms with E-state index in [1.165, 1.54) is 0 Å². The number of thioether (sulfide) groups is 1. The van der Waals surface area contributed by atoms with Gasteiger partial charge in [0.15, 0.2) is 5.16 Å². The van der Waals surface area contributed by atoms with Crippen LogP contribution in [0.25, 0.3) is 11.0 Å². The van der Waals surface area contributed by atoms with Crippen LogP contribution in [0.1, 0.15) is 20.8 Å². The quantitative estimate of drug-likeness (QED) is 0.798. The van der Waals surface area contributed by atoms with Gasteiger partial charge in [0, 0.05) is 17.4 Å². The molecule has 0 radical (unpaired) electrons. The average Bonchev–Trinajstić information content (AvgIpc) is 2.79. The number of hydrogen-bond donors (Lipinski definition) is 2. The normalized spacial score (nSPS) is 14.5. The molecule has 0 spiro atoms. The van der Waals surface area contributed by atoms with E-state index in [0.29, 0.717) is 11.3 Å². The molecule has 19 heavy (non-hydrogen) atoms. The Morgan fingerprint density at radius 2 is 2.21 bits per heavy atom. The minimum atomic E-state index is 0.456. The first-order chi connectivity index (χ1) is 9.13. The van der Waals surface area contributed by atoms with Crippen LogP contribution in [-0.4, -0.2) is 34.9 Å². The summed E-state index contributed by atoms with van der Waals surface area (Å²) in [4.78, 5) is 7.94. The molecule has 1 heterocycles. The van der Waals surface area contributed by atoms with E-state index in [4.69, 9.17) is 4.74 Å². The largest absolute Gasteiger partial charge is 0.497 e. The van der Waals surface area contributed by atoms with Crippen molar-refractivity contribution in [3.63, 3.8) is 0 Å². The summed E-state index contributed by atoms with van der Waals surface area (Å²) in [5.41, 5.74) is 2.00. The van der Waals surface area contributed by atoms with E-state index in [0.717, 1.165) is 28.5 Å². The van der Waals surface area contributed by atoms with Crippen molar-refractivity contribution < 1.29 is 4.74 Å². The van der Waals surface area contributed by atoms with Crippen molar-refractivity contribution in [1.29, 1.82) is 0 Å². The molecule has 0 aliphatic heterocycles. The maximum absolute atomic E-state index is 5.22. The minimum Gasteiger partial charge on any atom is -0.497 e. The van der Waals surface area contributed by atoms with E-state index >= 15 is 0 Å². The van der Waals surface area contributed by atoms with Gasteiger partial charge in [-0.3, -0.25) is 0 Å². The molecule has 0 fully saturated rings. The third kappa shape index (κ3) is 3.42. The molecule has 0 bridgehead atoms. The summed E-state index contributed by atoms with van der Waals surface area (Å²) in [6.07, 6.45) is 0. The lowest BCUT2D eigenvalue weighted by molar-refractivity contribution is 0.415. The van der Waals surface area contributed by atoms with Gasteiger partial charge in [-0.15, -0.1) is 0 Å². The highest BCUT2D eigenvalue weighted by Crippen LogP contribution is 2.26. The third-order valence-corrected chi connectivity index (χ3v) is 4.39. The van der Waals surface area contributed by atoms with Crippen molar-refractivity contribution in [3.8, 4) is 5.75 Å². The van der Waals surface area contributed by atoms with Gasteiger partial charge in [-0.2, -0.15) is 0 Å². The summed E-state index contributed by atoms with van der Waals surface area (Å²) in [5.74, 6) is 0.849. The highest BCUT2D eigenvalue weighted by Gasteiger charge is 2.14. The van der Waals surface area contributed by atoms with Crippen LogP contribution in [0.3, 0.4) is 0 Å². The van der Waals surface area contributed by atoms with Gasteiger partial charge >= 0.3 is 0 Å². The van der Waals surface area contributed by atoms with Crippen molar-refractivity contribution in [2.75, 3.05) is 13.7 Å². The van der Waals surface area contributed by atoms with E-state index in [2.05, 4.69) is 36.1 Å². The van der Waals surface area contributed by atoms with Crippen LogP contribution in [0.4, 0.5) is 0 Å². The predicted molar refractivity (Wildman–Crippen MR) is 81.1 cm³/mol. The smallest absolute Gasteiger partial charge is 0.166 e. The summed E-state index contributed by atoms with van der Waals surface area (Å²) >= 11 is 1.76. The summed E-state index contributed by atoms with van der Waals surface area (Å²) in [7, 11) is 1.67. The average molecular weight is 279 g/mol. The van der Waals surface area contributed by atoms with Gasteiger partial charge in [0.2, 0.25) is 0 Å². The van der Waals surface area contributed by atoms with Crippen molar-refractivity contribution in [2.45, 2.75) is 37.2 Å². The first kappa shape index (κ1) is 14.2. The number of fused-ring (bicyclic) bond motifs is 1. The number of H-pyrrole nitrogens is 1. The fourth-order valence-corrected chi connectivity index (χ4v) is 2.89. The Kier molecular flexibility index (Phi) is 4.71. The van der Waals surface area contributed by atoms with E-state index in [1.807, 2.05) is 18.2 Å². The molecule has 104 valence electrons. The lowest BCUT2D eigenvalue weighted by atomic mass is 10.2. The van der Waals surface area contributed by atoms with Crippen LogP contribution in [0, 0.1) is 0 Å². The maximum Gasteiger partial charge on any atom is 0.166 e. The number of rotatable bonds is 6. The Labute approximate surface area is 118 Å². The van der Waals surface area contributed by atoms with E-state index in [1.54, 1.807) is 18.9 Å². The Morgan fingerprint density at radius 1 is 1.42 bits per heavy atom. The zero-order valence-electron chi connectivity index (χ0n) is 11.9. The number of benzene rings is 1. The molecule has 2 N–H and O–H groups in total. The Morgan fingerprint density at radius 3 is 2.89 bits per heavy atom. The highest BCUT2D eigenvalue weighted by molar-refractivity contribution is 7.99. The molecule has 0 saturated heterocycles. The second-order valence-electron chi connectivity index (χ2n) is 4.59. The van der Waals surface area contributed by atoms with Crippen molar-refractivity contribution in [3.05, 3.63) is 18.2 Å². The number of hydrogen-bond acceptors (Lipinski definition) is 4. The van der Waals surface area contributed by atoms with Gasteiger partial charge in [0.05, 0.1) is 18.1 Å². The Bertz CT molecular complexity index is 540. The summed E-state index contributed by atoms with van der Waals surface area (Å²) in [6.45, 7) is 7.53. The van der Waals surface area contributed by atoms with Crippen LogP contribution < -0.4 is 10.1 Å². The predicted octanol–water partition coefficient (Wildman–Crippen LogP) is 3.05. The molecule has 0 saturated carbocycles. The second-order valence-corrected chi connectivity index (χ2v) is 5.96. The molecule has 5 heteroatoms. The van der Waals surface area contributed by atoms with Gasteiger partial charge < -0.3 is 15.0 Å². The number of aromatic nitrogens is 2. The molecule has 2 unspecified atom stereocenters. The monoisotopic (exact) mass is 279 g/mol. The van der Waals surface area contributed by atoms with Crippen LogP contribution in [0.2, 0.25) is 0 Å². The first-order valence-electron chi connectivity index (χ1n) is 6.57. The molecular weight excluding hydrogens is 258 g/mol. The number of methoxy groups -OCH3 is 1. The highest BCUT2D eigenvalue weighted by atomic mass is 32.2. The lowest BCUT2D eigenvalue weighted by Gasteiger charge is -2.18. The molecule has 2 rings (SSSR count). The standard InChI is InChI=1S/C14H21N3OS/c1-5-15-9(2)10(3)19-14-16-12-7-6-11(18-4)8-13(12)17-14/h6-10,15H,5H2,1-4H3,(H,16,17). The maximum atomic E-state index is 5.22. The minimum absolute atomic E-state index is 0.456. The first-order valence-corrected chi connectivity index (χ1v) is 7.45. The van der Waals surface area contributed by atoms with Gasteiger partial charge in [0.25, 0.3) is 0 Å². The van der Waals surface area contributed by atoms with E-state index in [-0.39, 0.29) is 0 Å². The second kappa shape index (κ2) is 6.30. The zero-order valence-corrected chi connectivity index (χ0v) is 12.7. The SMILES string of the molecule is CCNC(C)C(C)Sc1nc2ccc(OC)cc2[nH]1. The third-order valence-electron chi connectivity index (χ3n) is 3.20. The molecule has 0 aliphatic carbocycles. The molecule has 1 aromatic carbocycles. The van der Waals surface area contributed by atoms with Crippen molar-refractivity contribution in [2.24, 2.45) is 0 Å². The number of imidazole rings is 1. The van der Waals surface area contributed by atoms with Gasteiger partial charge in [-0.25, -0.2) is 4.98 Å². The molecule has 0 aliphatic rings. The van der Waals surface area contributed by atoms with Crippen LogP contribution >= 0.6 is 11.8 Å². The van der Waals surface area contributed by atoms with Crippen molar-refractivity contribution in [1.82, 2.24) is 15.3 Å². The van der Waals surface area contributed by atoms with E-state index in [9.17, 15) is 0 Å². The number of aromatic amines is 1. The molecule has 2 atom stereocenters. The lowest BCUT2D eigenvalue weighted by Crippen LogP contribution is -2.33. The molecule has 0 amide bonds. The Hall–Kier alpha value is -1.20. The fourth-order valence-electron chi connectivity index (χ4n) is 1.91. The number of nitrogens with zero attached hydrogens (tertiary/aromatic N) is 1. The number of ether oxygens (including phenoxy) is 1. The summed E-state index contributed by atoms with van der Waals surface area (Å²) in [6, 6.07) is 6.35. The van der Waals surface area contributed by atoms with Crippen LogP contribution in [-0.2, 0) is 0 Å². The molecule has 1 aromatic heterocycles. The molecule has 2 aromatic rings. The van der Waals surface area contributed by atoms with Gasteiger partial charge in [-0.05, 0) is 25.6 Å². The fraction of sp³-hybridized carbons (Fsp3) is 0.500. The zero-order chi connectivity index (χ0) is 13.8. The summed E-state index contributed by atoms with van der Waals surface area (Å²) in [5, 5.41) is 4.85. The van der Waals surface area contributed by atoms with Crippen LogP contribution in [0.15, 0.2) is 23.4 Å². The van der Waals surface area contributed by atoms with Crippen molar-refractivity contribution >= 4 is 22.8 Å². The summed E-state index contributed by atoms with van der Waals surface area (Å²) < 4.78 is 5.22. The topological polar surface area (TPSA) is 49.9 Å². The van der Waals surface area contributed by atoms with Crippen LogP contribution in [0.5, 0.6) is 5.75 Å². The van der Waals surface area contributed by atoms with Gasteiger partial charge in [0.1, 0.15) is 5.75 Å². The van der Waals surface area contributed by atoms with E-state index < -0.39 is 0 Å². The van der Waals surface area contributed by atoms with Gasteiger partial charge in [-0.1, -0.05) is 25.6 Å². The molecular formula is C14H21N3OS. The molecule has 4 nitrogen and oxygen atoms in total. The number of nitrogens with one attached hydrogen (secondary N) is 2.